The minimum Gasteiger partial charge on any atom is -0.356 e. The predicted molar refractivity (Wildman–Crippen MR) is 134 cm³/mol. The lowest BCUT2D eigenvalue weighted by Crippen LogP contribution is -2.37. The number of halogens is 1. The van der Waals surface area contributed by atoms with Crippen molar-refractivity contribution in [2.24, 2.45) is 4.99 Å². The number of nitrogens with one attached hydrogen (secondary N) is 2. The number of benzene rings is 1. The third-order valence-corrected chi connectivity index (χ3v) is 4.74. The Labute approximate surface area is 200 Å². The molecule has 0 amide bonds. The van der Waals surface area contributed by atoms with Crippen LogP contribution < -0.4 is 10.6 Å². The van der Waals surface area contributed by atoms with Gasteiger partial charge in [-0.2, -0.15) is 10.1 Å². The summed E-state index contributed by atoms with van der Waals surface area (Å²) >= 11 is 0. The summed E-state index contributed by atoms with van der Waals surface area (Å²) in [7, 11) is 1.78. The molecule has 1 aromatic carbocycles. The second kappa shape index (κ2) is 12.4. The van der Waals surface area contributed by atoms with E-state index in [1.54, 1.807) is 7.05 Å². The largest absolute Gasteiger partial charge is 0.356 e. The van der Waals surface area contributed by atoms with Crippen molar-refractivity contribution in [3.63, 3.8) is 0 Å². The van der Waals surface area contributed by atoms with Crippen LogP contribution in [0.1, 0.15) is 42.5 Å². The van der Waals surface area contributed by atoms with Crippen molar-refractivity contribution in [1.82, 2.24) is 30.6 Å². The monoisotopic (exact) mass is 537 g/mol. The molecule has 0 unspecified atom stereocenters. The van der Waals surface area contributed by atoms with Gasteiger partial charge in [0.05, 0.1) is 5.69 Å². The van der Waals surface area contributed by atoms with Crippen molar-refractivity contribution in [1.29, 1.82) is 0 Å². The van der Waals surface area contributed by atoms with Gasteiger partial charge < -0.3 is 15.2 Å². The maximum Gasteiger partial charge on any atom is 0.257 e. The zero-order chi connectivity index (χ0) is 21.3. The second-order valence-electron chi connectivity index (χ2n) is 7.32. The summed E-state index contributed by atoms with van der Waals surface area (Å²) in [5.74, 6) is 2.09. The smallest absolute Gasteiger partial charge is 0.257 e. The molecule has 0 bridgehead atoms. The molecule has 168 valence electrons. The van der Waals surface area contributed by atoms with E-state index >= 15 is 0 Å². The number of hydrogen-bond acceptors (Lipinski definition) is 5. The molecule has 8 nitrogen and oxygen atoms in total. The van der Waals surface area contributed by atoms with Crippen molar-refractivity contribution in [3.8, 4) is 11.5 Å². The van der Waals surface area contributed by atoms with Gasteiger partial charge in [-0.05, 0) is 50.5 Å². The Hall–Kier alpha value is -2.43. The van der Waals surface area contributed by atoms with Crippen molar-refractivity contribution >= 4 is 29.9 Å². The molecule has 2 N–H and O–H groups in total. The summed E-state index contributed by atoms with van der Waals surface area (Å²) < 4.78 is 7.44. The molecule has 0 aliphatic rings. The van der Waals surface area contributed by atoms with Gasteiger partial charge in [-0.1, -0.05) is 24.2 Å². The van der Waals surface area contributed by atoms with Crippen LogP contribution in [0.5, 0.6) is 0 Å². The molecule has 3 aromatic rings. The highest BCUT2D eigenvalue weighted by molar-refractivity contribution is 14.0. The van der Waals surface area contributed by atoms with Gasteiger partial charge in [0.15, 0.2) is 11.8 Å². The van der Waals surface area contributed by atoms with Gasteiger partial charge in [-0.25, -0.2) is 0 Å². The van der Waals surface area contributed by atoms with Gasteiger partial charge in [0.25, 0.3) is 5.89 Å². The van der Waals surface area contributed by atoms with E-state index in [-0.39, 0.29) is 24.0 Å². The van der Waals surface area contributed by atoms with Crippen molar-refractivity contribution < 1.29 is 4.52 Å². The molecule has 31 heavy (non-hydrogen) atoms. The Morgan fingerprint density at radius 2 is 2.03 bits per heavy atom. The van der Waals surface area contributed by atoms with Gasteiger partial charge in [0, 0.05) is 44.4 Å². The normalized spacial score (nSPS) is 11.3. The first-order chi connectivity index (χ1) is 14.6. The summed E-state index contributed by atoms with van der Waals surface area (Å²) in [5.41, 5.74) is 4.30. The Morgan fingerprint density at radius 1 is 1.19 bits per heavy atom. The number of aliphatic imine (C=N–C) groups is 1. The van der Waals surface area contributed by atoms with Gasteiger partial charge in [-0.3, -0.25) is 9.67 Å². The summed E-state index contributed by atoms with van der Waals surface area (Å²) in [6.07, 6.45) is 2.79. The number of nitrogens with zero attached hydrogens (tertiary/aromatic N) is 5. The highest BCUT2D eigenvalue weighted by atomic mass is 127. The van der Waals surface area contributed by atoms with Crippen LogP contribution in [0.15, 0.2) is 39.8 Å². The maximum absolute atomic E-state index is 5.39. The van der Waals surface area contributed by atoms with Crippen molar-refractivity contribution in [2.45, 2.75) is 53.1 Å². The van der Waals surface area contributed by atoms with Crippen molar-refractivity contribution in [2.75, 3.05) is 13.6 Å². The van der Waals surface area contributed by atoms with Gasteiger partial charge >= 0.3 is 0 Å². The first-order valence-corrected chi connectivity index (χ1v) is 10.5. The van der Waals surface area contributed by atoms with E-state index in [0.717, 1.165) is 61.0 Å². The predicted octanol–water partition coefficient (Wildman–Crippen LogP) is 3.88. The van der Waals surface area contributed by atoms with Crippen LogP contribution in [0.25, 0.3) is 11.5 Å². The first-order valence-electron chi connectivity index (χ1n) is 10.5. The zero-order valence-corrected chi connectivity index (χ0v) is 21.0. The van der Waals surface area contributed by atoms with Crippen LogP contribution in [0.3, 0.4) is 0 Å². The fourth-order valence-corrected chi connectivity index (χ4v) is 3.25. The Morgan fingerprint density at radius 3 is 2.74 bits per heavy atom. The lowest BCUT2D eigenvalue weighted by Gasteiger charge is -2.12. The molecule has 2 heterocycles. The zero-order valence-electron chi connectivity index (χ0n) is 18.7. The quantitative estimate of drug-likeness (QED) is 0.186. The van der Waals surface area contributed by atoms with E-state index in [1.165, 1.54) is 5.69 Å². The molecule has 9 heteroatoms. The highest BCUT2D eigenvalue weighted by Crippen LogP contribution is 2.19. The molecule has 2 aromatic heterocycles. The summed E-state index contributed by atoms with van der Waals surface area (Å²) in [5, 5.41) is 15.2. The number of hydrogen-bond donors (Lipinski definition) is 2. The molecule has 0 atom stereocenters. The molecule has 0 fully saturated rings. The number of guanidine groups is 1. The SMILES string of the molecule is CCCc1noc(-c2cccc(CNC(=NC)NCCCn3nc(C)cc3C)c2)n1.I. The Balaban J connectivity index is 0.00000341. The summed E-state index contributed by atoms with van der Waals surface area (Å²) in [4.78, 5) is 8.77. The molecule has 0 aliphatic heterocycles. The average molecular weight is 537 g/mol. The molecule has 0 aliphatic carbocycles. The van der Waals surface area contributed by atoms with Crippen LogP contribution >= 0.6 is 24.0 Å². The molecule has 3 rings (SSSR count). The standard InChI is InChI=1S/C22H31N7O.HI/c1-5-8-20-26-21(30-28-20)19-10-6-9-18(14-19)15-25-22(23-4)24-11-7-12-29-17(3)13-16(2)27-29;/h6,9-10,13-14H,5,7-8,11-12,15H2,1-4H3,(H2,23,24,25);1H. The molecular formula is C22H32IN7O. The molecule has 0 radical (unpaired) electrons. The summed E-state index contributed by atoms with van der Waals surface area (Å²) in [6, 6.07) is 10.2. The van der Waals surface area contributed by atoms with Crippen LogP contribution in [0.4, 0.5) is 0 Å². The van der Waals surface area contributed by atoms with Crippen LogP contribution in [0.2, 0.25) is 0 Å². The minimum atomic E-state index is 0. The molecule has 0 spiro atoms. The van der Waals surface area contributed by atoms with E-state index < -0.39 is 0 Å². The second-order valence-corrected chi connectivity index (χ2v) is 7.32. The number of rotatable bonds is 9. The third kappa shape index (κ3) is 7.34. The van der Waals surface area contributed by atoms with Crippen LogP contribution in [0, 0.1) is 13.8 Å². The average Bonchev–Trinajstić information content (AvgIpc) is 3.34. The lowest BCUT2D eigenvalue weighted by atomic mass is 10.1. The van der Waals surface area contributed by atoms with E-state index in [4.69, 9.17) is 4.52 Å². The van der Waals surface area contributed by atoms with Gasteiger partial charge in [-0.15, -0.1) is 24.0 Å². The van der Waals surface area contributed by atoms with E-state index in [9.17, 15) is 0 Å². The Kier molecular flexibility index (Phi) is 9.96. The molecule has 0 saturated carbocycles. The summed E-state index contributed by atoms with van der Waals surface area (Å²) in [6.45, 7) is 8.56. The van der Waals surface area contributed by atoms with E-state index in [1.807, 2.05) is 23.7 Å². The number of aromatic nitrogens is 4. The maximum atomic E-state index is 5.39. The van der Waals surface area contributed by atoms with E-state index in [2.05, 4.69) is 62.9 Å². The number of aryl methyl sites for hydroxylation is 4. The molecular weight excluding hydrogens is 505 g/mol. The first kappa shape index (κ1) is 24.8. The van der Waals surface area contributed by atoms with Gasteiger partial charge in [0.2, 0.25) is 0 Å². The highest BCUT2D eigenvalue weighted by Gasteiger charge is 2.09. The lowest BCUT2D eigenvalue weighted by molar-refractivity contribution is 0.422. The Bertz CT molecular complexity index is 980. The fourth-order valence-electron chi connectivity index (χ4n) is 3.25. The topological polar surface area (TPSA) is 93.2 Å². The minimum absolute atomic E-state index is 0. The van der Waals surface area contributed by atoms with E-state index in [0.29, 0.717) is 12.4 Å². The van der Waals surface area contributed by atoms with Gasteiger partial charge in [0.1, 0.15) is 0 Å². The van der Waals surface area contributed by atoms with Crippen molar-refractivity contribution in [3.05, 3.63) is 53.1 Å². The fraction of sp³-hybridized carbons (Fsp3) is 0.455. The van der Waals surface area contributed by atoms with Crippen LogP contribution in [-0.2, 0) is 19.5 Å². The third-order valence-electron chi connectivity index (χ3n) is 4.74. The molecule has 0 saturated heterocycles. The van der Waals surface area contributed by atoms with Crippen LogP contribution in [-0.4, -0.2) is 39.5 Å².